The molecule has 0 aromatic carbocycles. The number of carbonyl (C=O) groups excluding carboxylic acids is 2. The Morgan fingerprint density at radius 2 is 2.17 bits per heavy atom. The summed E-state index contributed by atoms with van der Waals surface area (Å²) in [4.78, 5) is 26.0. The van der Waals surface area contributed by atoms with Crippen molar-refractivity contribution in [1.29, 1.82) is 0 Å². The summed E-state index contributed by atoms with van der Waals surface area (Å²) in [5.41, 5.74) is 0. The van der Waals surface area contributed by atoms with Gasteiger partial charge in [-0.3, -0.25) is 15.0 Å². The van der Waals surface area contributed by atoms with E-state index in [-0.39, 0.29) is 12.5 Å². The van der Waals surface area contributed by atoms with Crippen LogP contribution in [0, 0.1) is 0 Å². The highest BCUT2D eigenvalue weighted by atomic mass is 32.1. The molecule has 0 spiro atoms. The normalized spacial score (nSPS) is 10.4. The second kappa shape index (κ2) is 7.84. The van der Waals surface area contributed by atoms with Crippen molar-refractivity contribution in [3.8, 4) is 0 Å². The second-order valence-corrected chi connectivity index (χ2v) is 4.82. The van der Waals surface area contributed by atoms with Gasteiger partial charge in [0.15, 0.2) is 0 Å². The molecule has 0 aliphatic carbocycles. The lowest BCUT2D eigenvalue weighted by Crippen LogP contribution is -2.44. The van der Waals surface area contributed by atoms with Gasteiger partial charge in [-0.05, 0) is 24.9 Å². The van der Waals surface area contributed by atoms with Crippen molar-refractivity contribution in [3.05, 3.63) is 22.4 Å². The van der Waals surface area contributed by atoms with E-state index in [0.717, 1.165) is 13.1 Å². The van der Waals surface area contributed by atoms with Crippen LogP contribution in [0.3, 0.4) is 0 Å². The minimum absolute atomic E-state index is 0.228. The number of nitrogens with one attached hydrogen (secondary N) is 2. The van der Waals surface area contributed by atoms with Crippen molar-refractivity contribution in [3.63, 3.8) is 0 Å². The molecule has 2 N–H and O–H groups in total. The molecule has 0 bridgehead atoms. The number of likely N-dealkylation sites (N-methyl/N-ethyl adjacent to an activating group) is 1. The van der Waals surface area contributed by atoms with Crippen molar-refractivity contribution in [2.45, 2.75) is 20.4 Å². The van der Waals surface area contributed by atoms with E-state index in [0.29, 0.717) is 6.54 Å². The van der Waals surface area contributed by atoms with Gasteiger partial charge in [0.2, 0.25) is 5.91 Å². The number of hydrogen-bond acceptors (Lipinski definition) is 4. The summed E-state index contributed by atoms with van der Waals surface area (Å²) in [7, 11) is 0. The number of imide groups is 1. The zero-order chi connectivity index (χ0) is 13.4. The highest BCUT2D eigenvalue weighted by molar-refractivity contribution is 7.09. The number of hydrogen-bond donors (Lipinski definition) is 2. The average Bonchev–Trinajstić information content (AvgIpc) is 2.81. The molecule has 6 heteroatoms. The van der Waals surface area contributed by atoms with Crippen molar-refractivity contribution in [1.82, 2.24) is 15.5 Å². The number of rotatable bonds is 6. The summed E-state index contributed by atoms with van der Waals surface area (Å²) in [5.74, 6) is -0.278. The summed E-state index contributed by atoms with van der Waals surface area (Å²) in [6.45, 7) is 6.03. The third kappa shape index (κ3) is 5.29. The fourth-order valence-corrected chi connectivity index (χ4v) is 2.22. The van der Waals surface area contributed by atoms with Crippen LogP contribution in [0.5, 0.6) is 0 Å². The predicted octanol–water partition coefficient (Wildman–Crippen LogP) is 1.42. The van der Waals surface area contributed by atoms with Gasteiger partial charge in [-0.1, -0.05) is 13.0 Å². The van der Waals surface area contributed by atoms with E-state index >= 15 is 0 Å². The summed E-state index contributed by atoms with van der Waals surface area (Å²) in [5, 5.41) is 6.84. The molecule has 1 heterocycles. The first kappa shape index (κ1) is 14.7. The number of nitrogens with zero attached hydrogens (tertiary/aromatic N) is 1. The molecule has 18 heavy (non-hydrogen) atoms. The van der Waals surface area contributed by atoms with Crippen LogP contribution in [0.2, 0.25) is 0 Å². The Morgan fingerprint density at radius 1 is 1.39 bits per heavy atom. The van der Waals surface area contributed by atoms with E-state index in [1.807, 2.05) is 29.3 Å². The quantitative estimate of drug-likeness (QED) is 0.821. The third-order valence-electron chi connectivity index (χ3n) is 2.36. The Balaban J connectivity index is 2.38. The Hall–Kier alpha value is -1.40. The van der Waals surface area contributed by atoms with Crippen LogP contribution < -0.4 is 10.6 Å². The van der Waals surface area contributed by atoms with Crippen molar-refractivity contribution in [2.24, 2.45) is 0 Å². The molecule has 0 aliphatic rings. The Bertz CT molecular complexity index is 379. The molecule has 1 aromatic rings. The highest BCUT2D eigenvalue weighted by Gasteiger charge is 2.12. The van der Waals surface area contributed by atoms with Crippen LogP contribution in [0.1, 0.15) is 18.7 Å². The SMILES string of the molecule is CCNC(=O)NC(=O)CN(CC)Cc1cccs1. The molecule has 1 aromatic heterocycles. The molecule has 0 fully saturated rings. The number of thiophene rings is 1. The predicted molar refractivity (Wildman–Crippen MR) is 72.5 cm³/mol. The Morgan fingerprint density at radius 3 is 2.72 bits per heavy atom. The number of urea groups is 1. The van der Waals surface area contributed by atoms with E-state index in [2.05, 4.69) is 10.6 Å². The van der Waals surface area contributed by atoms with Gasteiger partial charge in [0.1, 0.15) is 0 Å². The maximum atomic E-state index is 11.6. The van der Waals surface area contributed by atoms with Crippen molar-refractivity contribution in [2.75, 3.05) is 19.6 Å². The Labute approximate surface area is 111 Å². The van der Waals surface area contributed by atoms with E-state index in [1.165, 1.54) is 4.88 Å². The minimum atomic E-state index is -0.435. The molecule has 0 aliphatic heterocycles. The minimum Gasteiger partial charge on any atom is -0.338 e. The lowest BCUT2D eigenvalue weighted by Gasteiger charge is -2.18. The lowest BCUT2D eigenvalue weighted by atomic mass is 10.4. The number of amides is 3. The third-order valence-corrected chi connectivity index (χ3v) is 3.23. The van der Waals surface area contributed by atoms with Crippen LogP contribution in [0.25, 0.3) is 0 Å². The van der Waals surface area contributed by atoms with E-state index in [1.54, 1.807) is 18.3 Å². The zero-order valence-electron chi connectivity index (χ0n) is 10.7. The topological polar surface area (TPSA) is 61.4 Å². The van der Waals surface area contributed by atoms with Crippen LogP contribution in [-0.2, 0) is 11.3 Å². The summed E-state index contributed by atoms with van der Waals surface area (Å²) in [6.07, 6.45) is 0. The van der Waals surface area contributed by atoms with Gasteiger partial charge >= 0.3 is 6.03 Å². The van der Waals surface area contributed by atoms with Crippen LogP contribution in [0.15, 0.2) is 17.5 Å². The molecule has 0 unspecified atom stereocenters. The standard InChI is InChI=1S/C12H19N3O2S/c1-3-13-12(17)14-11(16)9-15(4-2)8-10-6-5-7-18-10/h5-7H,3-4,8-9H2,1-2H3,(H2,13,14,16,17). The first-order chi connectivity index (χ1) is 8.65. The molecular formula is C12H19N3O2S. The van der Waals surface area contributed by atoms with E-state index in [4.69, 9.17) is 0 Å². The van der Waals surface area contributed by atoms with E-state index in [9.17, 15) is 9.59 Å². The largest absolute Gasteiger partial charge is 0.338 e. The second-order valence-electron chi connectivity index (χ2n) is 3.79. The Kier molecular flexibility index (Phi) is 6.38. The van der Waals surface area contributed by atoms with Gasteiger partial charge in [-0.25, -0.2) is 4.79 Å². The van der Waals surface area contributed by atoms with Crippen molar-refractivity contribution < 1.29 is 9.59 Å². The van der Waals surface area contributed by atoms with Gasteiger partial charge in [-0.2, -0.15) is 0 Å². The van der Waals surface area contributed by atoms with Crippen LogP contribution in [-0.4, -0.2) is 36.5 Å². The van der Waals surface area contributed by atoms with E-state index < -0.39 is 6.03 Å². The van der Waals surface area contributed by atoms with Gasteiger partial charge < -0.3 is 5.32 Å². The zero-order valence-corrected chi connectivity index (χ0v) is 11.5. The highest BCUT2D eigenvalue weighted by Crippen LogP contribution is 2.11. The molecule has 0 saturated carbocycles. The fourth-order valence-electron chi connectivity index (χ4n) is 1.48. The molecule has 0 saturated heterocycles. The summed E-state index contributed by atoms with van der Waals surface area (Å²) < 4.78 is 0. The van der Waals surface area contributed by atoms with Gasteiger partial charge in [-0.15, -0.1) is 11.3 Å². The van der Waals surface area contributed by atoms with Crippen LogP contribution >= 0.6 is 11.3 Å². The number of carbonyl (C=O) groups is 2. The maximum Gasteiger partial charge on any atom is 0.321 e. The summed E-state index contributed by atoms with van der Waals surface area (Å²) >= 11 is 1.66. The van der Waals surface area contributed by atoms with Crippen molar-refractivity contribution >= 4 is 23.3 Å². The van der Waals surface area contributed by atoms with Crippen LogP contribution in [0.4, 0.5) is 4.79 Å². The molecule has 100 valence electrons. The lowest BCUT2D eigenvalue weighted by molar-refractivity contribution is -0.121. The molecular weight excluding hydrogens is 250 g/mol. The smallest absolute Gasteiger partial charge is 0.321 e. The monoisotopic (exact) mass is 269 g/mol. The molecule has 5 nitrogen and oxygen atoms in total. The fraction of sp³-hybridized carbons (Fsp3) is 0.500. The molecule has 1 rings (SSSR count). The first-order valence-corrected chi connectivity index (χ1v) is 6.86. The maximum absolute atomic E-state index is 11.6. The summed E-state index contributed by atoms with van der Waals surface area (Å²) in [6, 6.07) is 3.59. The van der Waals surface area contributed by atoms with Gasteiger partial charge in [0.25, 0.3) is 0 Å². The van der Waals surface area contributed by atoms with Gasteiger partial charge in [0, 0.05) is 18.0 Å². The van der Waals surface area contributed by atoms with Gasteiger partial charge in [0.05, 0.1) is 6.54 Å². The molecule has 3 amide bonds. The molecule has 0 atom stereocenters. The first-order valence-electron chi connectivity index (χ1n) is 5.98. The average molecular weight is 269 g/mol. The molecule has 0 radical (unpaired) electrons.